The third-order valence-corrected chi connectivity index (χ3v) is 1.75. The summed E-state index contributed by atoms with van der Waals surface area (Å²) in [5.74, 6) is -0.549. The molecule has 0 atom stereocenters. The third-order valence-electron chi connectivity index (χ3n) is 1.75. The van der Waals surface area contributed by atoms with Crippen molar-refractivity contribution in [1.82, 2.24) is 0 Å². The second kappa shape index (κ2) is 6.20. The Balaban J connectivity index is 0.00000196. The Hall–Kier alpha value is 0.381. The maximum Gasteiger partial charge on any atom is 1.00 e. The molecule has 0 aliphatic heterocycles. The largest absolute Gasteiger partial charge is 1.00 e. The second-order valence-electron chi connectivity index (χ2n) is 2.95. The Morgan fingerprint density at radius 1 is 1.20 bits per heavy atom. The van der Waals surface area contributed by atoms with Gasteiger partial charge in [0.2, 0.25) is 0 Å². The summed E-state index contributed by atoms with van der Waals surface area (Å²) in [5.41, 5.74) is 0.480. The molecule has 0 saturated heterocycles. The van der Waals surface area contributed by atoms with Crippen LogP contribution in [-0.2, 0) is 0 Å². The summed E-state index contributed by atoms with van der Waals surface area (Å²) in [7, 11) is 0. The molecule has 0 aromatic heterocycles. The summed E-state index contributed by atoms with van der Waals surface area (Å²) in [6, 6.07) is 4.16. The molecule has 0 saturated carbocycles. The Labute approximate surface area is 128 Å². The van der Waals surface area contributed by atoms with Gasteiger partial charge in [0.15, 0.2) is 0 Å². The first-order valence-electron chi connectivity index (χ1n) is 4.04. The zero-order valence-corrected chi connectivity index (χ0v) is 11.6. The van der Waals surface area contributed by atoms with E-state index in [2.05, 4.69) is 0 Å². The second-order valence-corrected chi connectivity index (χ2v) is 2.95. The maximum atomic E-state index is 13.0. The van der Waals surface area contributed by atoms with Crippen LogP contribution in [-0.4, -0.2) is 6.98 Å². The number of rotatable bonds is 2. The first-order valence-corrected chi connectivity index (χ1v) is 4.04. The van der Waals surface area contributed by atoms with Gasteiger partial charge in [0, 0.05) is 5.56 Å². The molecule has 0 bridgehead atoms. The molecule has 6 heteroatoms. The summed E-state index contributed by atoms with van der Waals surface area (Å²) >= 11 is 0. The minimum absolute atomic E-state index is 0. The van der Waals surface area contributed by atoms with Crippen LogP contribution in [0.25, 0.3) is 6.08 Å². The van der Waals surface area contributed by atoms with E-state index in [0.29, 0.717) is 5.56 Å². The van der Waals surface area contributed by atoms with Gasteiger partial charge in [-0.2, -0.15) is 0 Å². The summed E-state index contributed by atoms with van der Waals surface area (Å²) in [6.07, 6.45) is 0.769. The average molecular weight is 242 g/mol. The van der Waals surface area contributed by atoms with Crippen molar-refractivity contribution in [3.63, 3.8) is 0 Å². The van der Waals surface area contributed by atoms with Gasteiger partial charge in [-0.15, -0.1) is 5.98 Å². The van der Waals surface area contributed by atoms with Gasteiger partial charge in [0.05, 0.1) is 0 Å². The molecule has 0 N–H and O–H groups in total. The van der Waals surface area contributed by atoms with Gasteiger partial charge in [0.1, 0.15) is 5.82 Å². The Morgan fingerprint density at radius 3 is 2.27 bits per heavy atom. The van der Waals surface area contributed by atoms with Crippen molar-refractivity contribution in [2.75, 3.05) is 0 Å². The van der Waals surface area contributed by atoms with Gasteiger partial charge in [-0.05, 0) is 18.6 Å². The summed E-state index contributed by atoms with van der Waals surface area (Å²) in [4.78, 5) is 0. The van der Waals surface area contributed by atoms with E-state index in [1.54, 1.807) is 13.0 Å². The van der Waals surface area contributed by atoms with Crippen molar-refractivity contribution < 1.29 is 68.7 Å². The molecule has 0 heterocycles. The van der Waals surface area contributed by atoms with Gasteiger partial charge in [0.25, 0.3) is 0 Å². The zero-order valence-electron chi connectivity index (χ0n) is 8.48. The topological polar surface area (TPSA) is 0 Å². The van der Waals surface area contributed by atoms with Crippen molar-refractivity contribution in [2.45, 2.75) is 6.92 Å². The summed E-state index contributed by atoms with van der Waals surface area (Å²) < 4.78 is 48.6. The fourth-order valence-electron chi connectivity index (χ4n) is 1.06. The average Bonchev–Trinajstić information content (AvgIpc) is 2.01. The molecule has 0 spiro atoms. The minimum Gasteiger partial charge on any atom is -0.445 e. The molecule has 0 unspecified atom stereocenters. The van der Waals surface area contributed by atoms with Crippen LogP contribution >= 0.6 is 0 Å². The molecule has 1 rings (SSSR count). The van der Waals surface area contributed by atoms with Crippen LogP contribution in [0.1, 0.15) is 11.1 Å². The van der Waals surface area contributed by atoms with E-state index in [-0.39, 0.29) is 62.9 Å². The molecule has 1 aromatic carbocycles. The SMILES string of the molecule is Cc1cccc(F)c1/C=C/[B-](F)(F)F.[K+]. The van der Waals surface area contributed by atoms with E-state index < -0.39 is 12.8 Å². The van der Waals surface area contributed by atoms with Crippen LogP contribution in [0.3, 0.4) is 0 Å². The number of hydrogen-bond acceptors (Lipinski definition) is 0. The van der Waals surface area contributed by atoms with E-state index in [9.17, 15) is 17.3 Å². The van der Waals surface area contributed by atoms with Gasteiger partial charge >= 0.3 is 58.4 Å². The third kappa shape index (κ3) is 5.31. The number of aryl methyl sites for hydroxylation is 1. The molecule has 0 nitrogen and oxygen atoms in total. The number of hydrogen-bond donors (Lipinski definition) is 0. The molecule has 0 amide bonds. The molecule has 15 heavy (non-hydrogen) atoms. The van der Waals surface area contributed by atoms with Crippen LogP contribution < -0.4 is 51.4 Å². The van der Waals surface area contributed by atoms with Gasteiger partial charge in [-0.25, -0.2) is 4.39 Å². The first-order chi connectivity index (χ1) is 6.40. The molecular weight excluding hydrogens is 234 g/mol. The van der Waals surface area contributed by atoms with E-state index in [0.717, 1.165) is 12.1 Å². The molecule has 0 aliphatic carbocycles. The number of benzene rings is 1. The Morgan fingerprint density at radius 2 is 1.80 bits per heavy atom. The van der Waals surface area contributed by atoms with Crippen molar-refractivity contribution >= 4 is 13.1 Å². The molecule has 1 aromatic rings. The van der Waals surface area contributed by atoms with Gasteiger partial charge < -0.3 is 12.9 Å². The smallest absolute Gasteiger partial charge is 0.445 e. The van der Waals surface area contributed by atoms with E-state index in [4.69, 9.17) is 0 Å². The molecule has 0 fully saturated rings. The van der Waals surface area contributed by atoms with E-state index >= 15 is 0 Å². The molecule has 76 valence electrons. The van der Waals surface area contributed by atoms with Crippen LogP contribution in [0.5, 0.6) is 0 Å². The summed E-state index contributed by atoms with van der Waals surface area (Å²) in [6.45, 7) is -3.44. The van der Waals surface area contributed by atoms with E-state index in [1.165, 1.54) is 6.07 Å². The van der Waals surface area contributed by atoms with Gasteiger partial charge in [-0.1, -0.05) is 18.2 Å². The Kier molecular flexibility index (Phi) is 6.36. The van der Waals surface area contributed by atoms with Crippen molar-refractivity contribution in [1.29, 1.82) is 0 Å². The molecule has 0 radical (unpaired) electrons. The quantitative estimate of drug-likeness (QED) is 0.524. The van der Waals surface area contributed by atoms with Crippen LogP contribution in [0.2, 0.25) is 0 Å². The normalized spacial score (nSPS) is 11.5. The molecular formula is C9H8BF4K. The van der Waals surface area contributed by atoms with Crippen molar-refractivity contribution in [3.8, 4) is 0 Å². The standard InChI is InChI=1S/C9H8BF4.K/c1-7-3-2-4-9(11)8(7)5-6-10(12,13)14;/h2-6H,1H3;/q-1;+1/b6-5+;. The maximum absolute atomic E-state index is 13.0. The van der Waals surface area contributed by atoms with Crippen molar-refractivity contribution in [2.24, 2.45) is 0 Å². The first kappa shape index (κ1) is 15.4. The van der Waals surface area contributed by atoms with Crippen LogP contribution in [0, 0.1) is 12.7 Å². The van der Waals surface area contributed by atoms with Gasteiger partial charge in [-0.3, -0.25) is 0 Å². The number of halogens is 4. The minimum atomic E-state index is -5.00. The summed E-state index contributed by atoms with van der Waals surface area (Å²) in [5, 5.41) is 0. The van der Waals surface area contributed by atoms with E-state index in [1.807, 2.05) is 0 Å². The fraction of sp³-hybridized carbons (Fsp3) is 0.111. The monoisotopic (exact) mass is 242 g/mol. The van der Waals surface area contributed by atoms with Crippen LogP contribution in [0.4, 0.5) is 17.3 Å². The predicted molar refractivity (Wildman–Crippen MR) is 49.2 cm³/mol. The Bertz CT molecular complexity index is 339. The van der Waals surface area contributed by atoms with Crippen LogP contribution in [0.15, 0.2) is 24.2 Å². The van der Waals surface area contributed by atoms with Crippen molar-refractivity contribution in [3.05, 3.63) is 41.1 Å². The predicted octanol–water partition coefficient (Wildman–Crippen LogP) is 0.538. The molecule has 0 aliphatic rings. The fourth-order valence-corrected chi connectivity index (χ4v) is 1.06. The zero-order chi connectivity index (χ0) is 10.8.